The molecule has 0 saturated heterocycles. The molecule has 0 aliphatic rings. The third-order valence-corrected chi connectivity index (χ3v) is 4.84. The van der Waals surface area contributed by atoms with Gasteiger partial charge in [-0.1, -0.05) is 18.2 Å². The highest BCUT2D eigenvalue weighted by atomic mass is 16.6. The molecule has 0 bridgehead atoms. The molecule has 2 aromatic carbocycles. The molecule has 0 atom stereocenters. The highest BCUT2D eigenvalue weighted by molar-refractivity contribution is 5.92. The van der Waals surface area contributed by atoms with Crippen LogP contribution in [0, 0.1) is 6.92 Å². The van der Waals surface area contributed by atoms with Gasteiger partial charge in [0.1, 0.15) is 5.60 Å². The van der Waals surface area contributed by atoms with Gasteiger partial charge in [0.25, 0.3) is 5.91 Å². The van der Waals surface area contributed by atoms with E-state index in [9.17, 15) is 9.59 Å². The number of nitrogens with zero attached hydrogens (tertiary/aromatic N) is 3. The van der Waals surface area contributed by atoms with E-state index in [1.54, 1.807) is 16.9 Å². The number of rotatable bonds is 3. The van der Waals surface area contributed by atoms with E-state index in [2.05, 4.69) is 5.10 Å². The van der Waals surface area contributed by atoms with Crippen LogP contribution in [0.1, 0.15) is 37.0 Å². The first-order valence-electron chi connectivity index (χ1n) is 9.94. The standard InChI is InChI=1S/C24H24N4O3/c1-15-12-20(22(25)29)26-28(15)19-7-5-6-16(14-19)17-8-9-21-18(13-17)10-11-27(21)23(30)31-24(2,3)4/h5-14H,1-4H3,(H2,25,29). The van der Waals surface area contributed by atoms with Crippen molar-refractivity contribution in [3.63, 3.8) is 0 Å². The van der Waals surface area contributed by atoms with E-state index < -0.39 is 17.6 Å². The molecule has 7 heteroatoms. The summed E-state index contributed by atoms with van der Waals surface area (Å²) in [5.74, 6) is -0.557. The summed E-state index contributed by atoms with van der Waals surface area (Å²) in [6, 6.07) is 17.3. The first kappa shape index (κ1) is 20.4. The zero-order chi connectivity index (χ0) is 22.3. The molecule has 0 saturated carbocycles. The van der Waals surface area contributed by atoms with Gasteiger partial charge >= 0.3 is 6.09 Å². The molecule has 2 aromatic heterocycles. The van der Waals surface area contributed by atoms with Crippen LogP contribution in [-0.4, -0.2) is 31.9 Å². The Labute approximate surface area is 180 Å². The second-order valence-electron chi connectivity index (χ2n) is 8.44. The van der Waals surface area contributed by atoms with Gasteiger partial charge in [0.2, 0.25) is 0 Å². The number of carbonyl (C=O) groups is 2. The van der Waals surface area contributed by atoms with Crippen LogP contribution in [0.3, 0.4) is 0 Å². The van der Waals surface area contributed by atoms with E-state index in [-0.39, 0.29) is 5.69 Å². The minimum atomic E-state index is -0.562. The van der Waals surface area contributed by atoms with Gasteiger partial charge in [0, 0.05) is 17.3 Å². The minimum Gasteiger partial charge on any atom is -0.443 e. The third-order valence-electron chi connectivity index (χ3n) is 4.84. The summed E-state index contributed by atoms with van der Waals surface area (Å²) < 4.78 is 8.69. The van der Waals surface area contributed by atoms with Crippen LogP contribution in [0.5, 0.6) is 0 Å². The Hall–Kier alpha value is -3.87. The van der Waals surface area contributed by atoms with Crippen LogP contribution in [0.4, 0.5) is 4.79 Å². The molecule has 0 unspecified atom stereocenters. The van der Waals surface area contributed by atoms with Crippen molar-refractivity contribution in [3.05, 3.63) is 72.2 Å². The predicted octanol–water partition coefficient (Wildman–Crippen LogP) is 4.68. The monoisotopic (exact) mass is 416 g/mol. The molecule has 7 nitrogen and oxygen atoms in total. The SMILES string of the molecule is Cc1cc(C(N)=O)nn1-c1cccc(-c2ccc3c(ccn3C(=O)OC(C)(C)C)c2)c1. The lowest BCUT2D eigenvalue weighted by Gasteiger charge is -2.19. The van der Waals surface area contributed by atoms with Gasteiger partial charge in [-0.3, -0.25) is 9.36 Å². The van der Waals surface area contributed by atoms with E-state index in [1.165, 1.54) is 4.57 Å². The topological polar surface area (TPSA) is 92.1 Å². The molecule has 0 fully saturated rings. The van der Waals surface area contributed by atoms with Crippen molar-refractivity contribution in [2.45, 2.75) is 33.3 Å². The molecule has 4 rings (SSSR count). The molecule has 0 radical (unpaired) electrons. The average molecular weight is 416 g/mol. The quantitative estimate of drug-likeness (QED) is 0.525. The molecular weight excluding hydrogens is 392 g/mol. The average Bonchev–Trinajstić information content (AvgIpc) is 3.30. The number of nitrogens with two attached hydrogens (primary N) is 1. The number of carbonyl (C=O) groups excluding carboxylic acids is 2. The first-order chi connectivity index (χ1) is 14.6. The molecule has 0 aliphatic heterocycles. The van der Waals surface area contributed by atoms with E-state index in [0.29, 0.717) is 0 Å². The van der Waals surface area contributed by atoms with Gasteiger partial charge in [-0.2, -0.15) is 5.10 Å². The van der Waals surface area contributed by atoms with Gasteiger partial charge in [-0.05, 0) is 75.2 Å². The molecule has 2 heterocycles. The van der Waals surface area contributed by atoms with Crippen molar-refractivity contribution in [1.82, 2.24) is 14.3 Å². The largest absolute Gasteiger partial charge is 0.443 e. The normalized spacial score (nSPS) is 11.6. The molecule has 4 aromatic rings. The number of hydrogen-bond donors (Lipinski definition) is 1. The summed E-state index contributed by atoms with van der Waals surface area (Å²) >= 11 is 0. The zero-order valence-corrected chi connectivity index (χ0v) is 17.9. The Morgan fingerprint density at radius 1 is 1.00 bits per heavy atom. The summed E-state index contributed by atoms with van der Waals surface area (Å²) in [5.41, 5.74) is 9.43. The van der Waals surface area contributed by atoms with Gasteiger partial charge in [0.15, 0.2) is 5.69 Å². The summed E-state index contributed by atoms with van der Waals surface area (Å²) in [6.45, 7) is 7.40. The van der Waals surface area contributed by atoms with E-state index >= 15 is 0 Å². The number of amides is 1. The number of fused-ring (bicyclic) bond motifs is 1. The maximum absolute atomic E-state index is 12.5. The second-order valence-corrected chi connectivity index (χ2v) is 8.44. The van der Waals surface area contributed by atoms with Crippen LogP contribution in [0.25, 0.3) is 27.7 Å². The summed E-state index contributed by atoms with van der Waals surface area (Å²) in [7, 11) is 0. The predicted molar refractivity (Wildman–Crippen MR) is 119 cm³/mol. The molecule has 31 heavy (non-hydrogen) atoms. The smallest absolute Gasteiger partial charge is 0.418 e. The Bertz CT molecular complexity index is 1310. The minimum absolute atomic E-state index is 0.229. The maximum atomic E-state index is 12.5. The van der Waals surface area contributed by atoms with Crippen molar-refractivity contribution in [1.29, 1.82) is 0 Å². The number of hydrogen-bond acceptors (Lipinski definition) is 4. The highest BCUT2D eigenvalue weighted by Gasteiger charge is 2.19. The van der Waals surface area contributed by atoms with Gasteiger partial charge in [-0.25, -0.2) is 9.48 Å². The maximum Gasteiger partial charge on any atom is 0.418 e. The summed E-state index contributed by atoms with van der Waals surface area (Å²) in [5, 5.41) is 5.23. The number of aryl methyl sites for hydroxylation is 1. The van der Waals surface area contributed by atoms with E-state index in [1.807, 2.05) is 76.2 Å². The van der Waals surface area contributed by atoms with Crippen LogP contribution in [-0.2, 0) is 4.74 Å². The number of primary amides is 1. The van der Waals surface area contributed by atoms with Crippen LogP contribution >= 0.6 is 0 Å². The second kappa shape index (κ2) is 7.43. The first-order valence-corrected chi connectivity index (χ1v) is 9.94. The fourth-order valence-electron chi connectivity index (χ4n) is 3.47. The molecular formula is C24H24N4O3. The fraction of sp³-hybridized carbons (Fsp3) is 0.208. The Morgan fingerprint density at radius 3 is 2.42 bits per heavy atom. The third kappa shape index (κ3) is 4.07. The van der Waals surface area contributed by atoms with Crippen LogP contribution in [0.2, 0.25) is 0 Å². The molecule has 2 N–H and O–H groups in total. The lowest BCUT2D eigenvalue weighted by Crippen LogP contribution is -2.26. The van der Waals surface area contributed by atoms with Gasteiger partial charge in [0.05, 0.1) is 11.2 Å². The molecule has 0 spiro atoms. The van der Waals surface area contributed by atoms with E-state index in [4.69, 9.17) is 10.5 Å². The number of benzene rings is 2. The van der Waals surface area contributed by atoms with E-state index in [0.717, 1.165) is 33.4 Å². The van der Waals surface area contributed by atoms with Crippen molar-refractivity contribution < 1.29 is 14.3 Å². The Balaban J connectivity index is 1.69. The molecule has 0 aliphatic carbocycles. The summed E-state index contributed by atoms with van der Waals surface area (Å²) in [6.07, 6.45) is 1.31. The number of aromatic nitrogens is 3. The lowest BCUT2D eigenvalue weighted by atomic mass is 10.0. The van der Waals surface area contributed by atoms with Crippen LogP contribution < -0.4 is 5.73 Å². The highest BCUT2D eigenvalue weighted by Crippen LogP contribution is 2.27. The van der Waals surface area contributed by atoms with Gasteiger partial charge in [-0.15, -0.1) is 0 Å². The van der Waals surface area contributed by atoms with Crippen molar-refractivity contribution in [2.24, 2.45) is 5.73 Å². The summed E-state index contributed by atoms with van der Waals surface area (Å²) in [4.78, 5) is 23.9. The number of ether oxygens (including phenoxy) is 1. The zero-order valence-electron chi connectivity index (χ0n) is 17.9. The lowest BCUT2D eigenvalue weighted by molar-refractivity contribution is 0.0544. The molecule has 158 valence electrons. The Morgan fingerprint density at radius 2 is 1.74 bits per heavy atom. The van der Waals surface area contributed by atoms with Crippen LogP contribution in [0.15, 0.2) is 60.8 Å². The Kier molecular flexibility index (Phi) is 4.89. The van der Waals surface area contributed by atoms with Gasteiger partial charge < -0.3 is 10.5 Å². The molecule has 1 amide bonds. The van der Waals surface area contributed by atoms with Crippen molar-refractivity contribution in [3.8, 4) is 16.8 Å². The van der Waals surface area contributed by atoms with Crippen molar-refractivity contribution in [2.75, 3.05) is 0 Å². The van der Waals surface area contributed by atoms with Crippen molar-refractivity contribution >= 4 is 22.9 Å². The fourth-order valence-corrected chi connectivity index (χ4v) is 3.47.